The monoisotopic (exact) mass is 260 g/mol. The van der Waals surface area contributed by atoms with Crippen molar-refractivity contribution >= 4 is 16.9 Å². The fourth-order valence-electron chi connectivity index (χ4n) is 1.62. The van der Waals surface area contributed by atoms with Gasteiger partial charge in [0.1, 0.15) is 11.3 Å². The summed E-state index contributed by atoms with van der Waals surface area (Å²) >= 11 is 0. The van der Waals surface area contributed by atoms with E-state index in [1.54, 1.807) is 6.20 Å². The molecule has 1 aromatic carbocycles. The second-order valence-electron chi connectivity index (χ2n) is 4.68. The number of pyridine rings is 1. The molecule has 0 aliphatic rings. The van der Waals surface area contributed by atoms with Crippen LogP contribution in [0.3, 0.4) is 0 Å². The minimum Gasteiger partial charge on any atom is -0.493 e. The number of aromatic nitrogens is 1. The highest BCUT2D eigenvalue weighted by Gasteiger charge is 2.27. The first-order chi connectivity index (χ1) is 8.99. The molecule has 1 atom stereocenters. The van der Waals surface area contributed by atoms with E-state index in [4.69, 9.17) is 15.6 Å². The fourth-order valence-corrected chi connectivity index (χ4v) is 1.62. The van der Waals surface area contributed by atoms with Crippen LogP contribution in [0.1, 0.15) is 13.3 Å². The minimum absolute atomic E-state index is 0.239. The predicted octanol–water partition coefficient (Wildman–Crippen LogP) is 1.81. The second-order valence-corrected chi connectivity index (χ2v) is 4.68. The van der Waals surface area contributed by atoms with E-state index >= 15 is 0 Å². The van der Waals surface area contributed by atoms with Crippen LogP contribution in [0.25, 0.3) is 10.9 Å². The van der Waals surface area contributed by atoms with E-state index in [0.717, 1.165) is 10.9 Å². The van der Waals surface area contributed by atoms with Gasteiger partial charge in [-0.25, -0.2) is 0 Å². The van der Waals surface area contributed by atoms with Crippen molar-refractivity contribution in [3.05, 3.63) is 36.5 Å². The molecule has 0 saturated heterocycles. The number of benzene rings is 1. The van der Waals surface area contributed by atoms with Crippen LogP contribution >= 0.6 is 0 Å². The van der Waals surface area contributed by atoms with E-state index in [-0.39, 0.29) is 13.0 Å². The zero-order valence-electron chi connectivity index (χ0n) is 10.7. The molecule has 0 radical (unpaired) electrons. The smallest absolute Gasteiger partial charge is 0.323 e. The molecule has 1 heterocycles. The summed E-state index contributed by atoms with van der Waals surface area (Å²) in [5, 5.41) is 9.92. The van der Waals surface area contributed by atoms with Crippen molar-refractivity contribution in [3.8, 4) is 5.75 Å². The highest BCUT2D eigenvalue weighted by molar-refractivity contribution is 5.79. The van der Waals surface area contributed by atoms with Gasteiger partial charge in [0.25, 0.3) is 0 Å². The Bertz CT molecular complexity index is 596. The molecule has 0 aliphatic heterocycles. The van der Waals surface area contributed by atoms with E-state index in [9.17, 15) is 4.79 Å². The molecule has 0 fully saturated rings. The maximum atomic E-state index is 10.8. The number of aliphatic carboxylic acids is 1. The maximum absolute atomic E-state index is 10.8. The Morgan fingerprint density at radius 3 is 3.00 bits per heavy atom. The lowest BCUT2D eigenvalue weighted by Gasteiger charge is -2.19. The van der Waals surface area contributed by atoms with Crippen LogP contribution in [0.5, 0.6) is 5.75 Å². The lowest BCUT2D eigenvalue weighted by molar-refractivity contribution is -0.143. The van der Waals surface area contributed by atoms with E-state index in [0.29, 0.717) is 5.75 Å². The minimum atomic E-state index is -1.27. The third kappa shape index (κ3) is 3.20. The van der Waals surface area contributed by atoms with Crippen molar-refractivity contribution in [1.29, 1.82) is 0 Å². The van der Waals surface area contributed by atoms with Gasteiger partial charge in [0.2, 0.25) is 0 Å². The normalized spacial score (nSPS) is 14.0. The summed E-state index contributed by atoms with van der Waals surface area (Å²) in [7, 11) is 0. The number of carboxylic acid groups (broad SMARTS) is 1. The standard InChI is InChI=1S/C14H16N2O3/c1-14(15,13(17)18)6-8-19-11-5-4-10-3-2-7-16-12(10)9-11/h2-5,7,9H,6,8,15H2,1H3,(H,17,18). The number of carboxylic acids is 1. The first kappa shape index (κ1) is 13.3. The zero-order chi connectivity index (χ0) is 13.9. The molecule has 2 rings (SSSR count). The summed E-state index contributed by atoms with van der Waals surface area (Å²) in [6, 6.07) is 9.40. The number of rotatable bonds is 5. The van der Waals surface area contributed by atoms with Crippen molar-refractivity contribution in [2.24, 2.45) is 5.73 Å². The molecule has 19 heavy (non-hydrogen) atoms. The van der Waals surface area contributed by atoms with Crippen molar-refractivity contribution in [3.63, 3.8) is 0 Å². The molecule has 2 aromatic rings. The summed E-state index contributed by atoms with van der Waals surface area (Å²) < 4.78 is 5.52. The van der Waals surface area contributed by atoms with Gasteiger partial charge < -0.3 is 15.6 Å². The van der Waals surface area contributed by atoms with Gasteiger partial charge in [0.15, 0.2) is 0 Å². The Morgan fingerprint density at radius 2 is 2.26 bits per heavy atom. The van der Waals surface area contributed by atoms with Crippen LogP contribution in [0, 0.1) is 0 Å². The highest BCUT2D eigenvalue weighted by Crippen LogP contribution is 2.19. The lowest BCUT2D eigenvalue weighted by Crippen LogP contribution is -2.45. The van der Waals surface area contributed by atoms with Crippen LogP contribution in [0.15, 0.2) is 36.5 Å². The van der Waals surface area contributed by atoms with Crippen LogP contribution in [-0.4, -0.2) is 28.2 Å². The van der Waals surface area contributed by atoms with Gasteiger partial charge in [-0.1, -0.05) is 6.07 Å². The Hall–Kier alpha value is -2.14. The number of fused-ring (bicyclic) bond motifs is 1. The van der Waals surface area contributed by atoms with Gasteiger partial charge >= 0.3 is 5.97 Å². The molecular formula is C14H16N2O3. The number of carbonyl (C=O) groups is 1. The van der Waals surface area contributed by atoms with Crippen LogP contribution in [0.4, 0.5) is 0 Å². The number of hydrogen-bond acceptors (Lipinski definition) is 4. The Labute approximate surface area is 111 Å². The zero-order valence-corrected chi connectivity index (χ0v) is 10.7. The molecule has 0 amide bonds. The van der Waals surface area contributed by atoms with Crippen molar-refractivity contribution in [2.75, 3.05) is 6.61 Å². The Balaban J connectivity index is 2.00. The molecular weight excluding hydrogens is 244 g/mol. The lowest BCUT2D eigenvalue weighted by atomic mass is 10.0. The van der Waals surface area contributed by atoms with Crippen LogP contribution in [-0.2, 0) is 4.79 Å². The number of nitrogens with zero attached hydrogens (tertiary/aromatic N) is 1. The number of ether oxygens (including phenoxy) is 1. The van der Waals surface area contributed by atoms with Crippen molar-refractivity contribution in [1.82, 2.24) is 4.98 Å². The first-order valence-corrected chi connectivity index (χ1v) is 5.99. The molecule has 1 aromatic heterocycles. The number of hydrogen-bond donors (Lipinski definition) is 2. The van der Waals surface area contributed by atoms with Gasteiger partial charge in [-0.3, -0.25) is 9.78 Å². The molecule has 100 valence electrons. The summed E-state index contributed by atoms with van der Waals surface area (Å²) in [4.78, 5) is 15.1. The summed E-state index contributed by atoms with van der Waals surface area (Å²) in [6.45, 7) is 1.72. The van der Waals surface area contributed by atoms with Gasteiger partial charge in [0.05, 0.1) is 12.1 Å². The van der Waals surface area contributed by atoms with Gasteiger partial charge in [0, 0.05) is 24.1 Å². The van der Waals surface area contributed by atoms with Crippen molar-refractivity contribution < 1.29 is 14.6 Å². The molecule has 1 unspecified atom stereocenters. The third-order valence-corrected chi connectivity index (χ3v) is 2.96. The SMILES string of the molecule is CC(N)(CCOc1ccc2cccnc2c1)C(=O)O. The Kier molecular flexibility index (Phi) is 3.66. The van der Waals surface area contributed by atoms with E-state index in [1.165, 1.54) is 6.92 Å². The average molecular weight is 260 g/mol. The Morgan fingerprint density at radius 1 is 1.47 bits per heavy atom. The average Bonchev–Trinajstić information content (AvgIpc) is 2.38. The second kappa shape index (κ2) is 5.24. The van der Waals surface area contributed by atoms with E-state index < -0.39 is 11.5 Å². The topological polar surface area (TPSA) is 85.4 Å². The molecule has 5 heteroatoms. The van der Waals surface area contributed by atoms with Gasteiger partial charge in [-0.2, -0.15) is 0 Å². The molecule has 0 aliphatic carbocycles. The largest absolute Gasteiger partial charge is 0.493 e. The van der Waals surface area contributed by atoms with Gasteiger partial charge in [-0.15, -0.1) is 0 Å². The molecule has 0 saturated carbocycles. The predicted molar refractivity (Wildman–Crippen MR) is 72.1 cm³/mol. The molecule has 0 bridgehead atoms. The molecule has 3 N–H and O–H groups in total. The van der Waals surface area contributed by atoms with Gasteiger partial charge in [-0.05, 0) is 25.1 Å². The summed E-state index contributed by atoms with van der Waals surface area (Å²) in [5.41, 5.74) is 5.20. The number of nitrogens with two attached hydrogens (primary N) is 1. The third-order valence-electron chi connectivity index (χ3n) is 2.96. The van der Waals surface area contributed by atoms with Crippen LogP contribution in [0.2, 0.25) is 0 Å². The fraction of sp³-hybridized carbons (Fsp3) is 0.286. The first-order valence-electron chi connectivity index (χ1n) is 5.99. The molecule has 0 spiro atoms. The molecule has 5 nitrogen and oxygen atoms in total. The maximum Gasteiger partial charge on any atom is 0.323 e. The van der Waals surface area contributed by atoms with Crippen molar-refractivity contribution in [2.45, 2.75) is 18.9 Å². The summed E-state index contributed by atoms with van der Waals surface area (Å²) in [6.07, 6.45) is 1.95. The quantitative estimate of drug-likeness (QED) is 0.856. The van der Waals surface area contributed by atoms with E-state index in [1.807, 2.05) is 30.3 Å². The highest BCUT2D eigenvalue weighted by atomic mass is 16.5. The summed E-state index contributed by atoms with van der Waals surface area (Å²) in [5.74, 6) is -0.372. The van der Waals surface area contributed by atoms with Crippen LogP contribution < -0.4 is 10.5 Å². The van der Waals surface area contributed by atoms with E-state index in [2.05, 4.69) is 4.98 Å².